The molecule has 4 heteroatoms. The number of phenolic OH excluding ortho intramolecular Hbond substituents is 1. The Morgan fingerprint density at radius 3 is 2.83 bits per heavy atom. The van der Waals surface area contributed by atoms with Gasteiger partial charge >= 0.3 is 0 Å². The number of hydrogen-bond donors (Lipinski definition) is 3. The van der Waals surface area contributed by atoms with E-state index in [4.69, 9.17) is 5.11 Å². The maximum atomic E-state index is 11.7. The third-order valence-electron chi connectivity index (χ3n) is 3.28. The van der Waals surface area contributed by atoms with Gasteiger partial charge in [-0.05, 0) is 43.5 Å². The Balaban J connectivity index is 1.66. The van der Waals surface area contributed by atoms with Crippen molar-refractivity contribution in [2.75, 3.05) is 13.1 Å². The van der Waals surface area contributed by atoms with Gasteiger partial charge < -0.3 is 15.7 Å². The maximum absolute atomic E-state index is 11.7. The molecule has 0 spiro atoms. The van der Waals surface area contributed by atoms with Crippen molar-refractivity contribution in [1.82, 2.24) is 10.6 Å². The van der Waals surface area contributed by atoms with E-state index in [1.165, 1.54) is 12.8 Å². The molecule has 1 aromatic carbocycles. The quantitative estimate of drug-likeness (QED) is 0.733. The van der Waals surface area contributed by atoms with Gasteiger partial charge in [0.2, 0.25) is 5.91 Å². The van der Waals surface area contributed by atoms with Crippen molar-refractivity contribution in [3.05, 3.63) is 29.8 Å². The summed E-state index contributed by atoms with van der Waals surface area (Å²) < 4.78 is 0. The number of aromatic hydroxyl groups is 1. The van der Waals surface area contributed by atoms with Crippen molar-refractivity contribution < 1.29 is 9.90 Å². The van der Waals surface area contributed by atoms with Crippen LogP contribution in [0, 0.1) is 0 Å². The SMILES string of the molecule is O=C(Cc1ccc(O)cc1)NCC[C@@H]1CCCN1. The van der Waals surface area contributed by atoms with Crippen molar-refractivity contribution in [3.8, 4) is 5.75 Å². The van der Waals surface area contributed by atoms with E-state index in [0.717, 1.165) is 25.1 Å². The zero-order valence-electron chi connectivity index (χ0n) is 10.5. The van der Waals surface area contributed by atoms with Crippen LogP contribution in [0.25, 0.3) is 0 Å². The second-order valence-electron chi connectivity index (χ2n) is 4.78. The van der Waals surface area contributed by atoms with Crippen LogP contribution in [0.5, 0.6) is 5.75 Å². The van der Waals surface area contributed by atoms with Gasteiger partial charge in [-0.2, -0.15) is 0 Å². The van der Waals surface area contributed by atoms with Gasteiger partial charge in [-0.1, -0.05) is 12.1 Å². The predicted octanol–water partition coefficient (Wildman–Crippen LogP) is 1.19. The van der Waals surface area contributed by atoms with Gasteiger partial charge in [0.05, 0.1) is 6.42 Å². The fourth-order valence-corrected chi connectivity index (χ4v) is 2.25. The summed E-state index contributed by atoms with van der Waals surface area (Å²) in [5.74, 6) is 0.269. The van der Waals surface area contributed by atoms with E-state index in [9.17, 15) is 4.79 Å². The average Bonchev–Trinajstić information content (AvgIpc) is 2.85. The Hall–Kier alpha value is -1.55. The van der Waals surface area contributed by atoms with E-state index in [-0.39, 0.29) is 11.7 Å². The average molecular weight is 248 g/mol. The van der Waals surface area contributed by atoms with Gasteiger partial charge in [0.25, 0.3) is 0 Å². The Morgan fingerprint density at radius 1 is 1.39 bits per heavy atom. The molecule has 0 unspecified atom stereocenters. The molecule has 4 nitrogen and oxygen atoms in total. The lowest BCUT2D eigenvalue weighted by atomic mass is 10.1. The van der Waals surface area contributed by atoms with E-state index in [1.54, 1.807) is 24.3 Å². The molecule has 1 heterocycles. The highest BCUT2D eigenvalue weighted by Crippen LogP contribution is 2.10. The monoisotopic (exact) mass is 248 g/mol. The van der Waals surface area contributed by atoms with Crippen LogP contribution in [0.1, 0.15) is 24.8 Å². The van der Waals surface area contributed by atoms with Crippen LogP contribution in [0.2, 0.25) is 0 Å². The fourth-order valence-electron chi connectivity index (χ4n) is 2.25. The number of carbonyl (C=O) groups excluding carboxylic acids is 1. The van der Waals surface area contributed by atoms with E-state index in [1.807, 2.05) is 0 Å². The summed E-state index contributed by atoms with van der Waals surface area (Å²) in [6.07, 6.45) is 3.83. The summed E-state index contributed by atoms with van der Waals surface area (Å²) in [6.45, 7) is 1.83. The molecule has 1 aliphatic heterocycles. The lowest BCUT2D eigenvalue weighted by Gasteiger charge is -2.10. The molecule has 0 aromatic heterocycles. The van der Waals surface area contributed by atoms with Crippen LogP contribution < -0.4 is 10.6 Å². The topological polar surface area (TPSA) is 61.4 Å². The van der Waals surface area contributed by atoms with Gasteiger partial charge in [-0.15, -0.1) is 0 Å². The Morgan fingerprint density at radius 2 is 2.17 bits per heavy atom. The molecule has 2 rings (SSSR count). The van der Waals surface area contributed by atoms with E-state index in [2.05, 4.69) is 10.6 Å². The molecule has 18 heavy (non-hydrogen) atoms. The summed E-state index contributed by atoms with van der Waals surface area (Å²) in [5, 5.41) is 15.5. The first-order valence-electron chi connectivity index (χ1n) is 6.52. The lowest BCUT2D eigenvalue weighted by Crippen LogP contribution is -2.31. The molecule has 1 fully saturated rings. The second kappa shape index (κ2) is 6.40. The van der Waals surface area contributed by atoms with Crippen LogP contribution in [0.4, 0.5) is 0 Å². The summed E-state index contributed by atoms with van der Waals surface area (Å²) in [4.78, 5) is 11.7. The van der Waals surface area contributed by atoms with Gasteiger partial charge in [0.15, 0.2) is 0 Å². The number of benzene rings is 1. The summed E-state index contributed by atoms with van der Waals surface area (Å²) >= 11 is 0. The highest BCUT2D eigenvalue weighted by Gasteiger charge is 2.13. The first-order chi connectivity index (χ1) is 8.74. The minimum atomic E-state index is 0.0405. The fraction of sp³-hybridized carbons (Fsp3) is 0.500. The molecule has 0 radical (unpaired) electrons. The first kappa shape index (κ1) is 12.9. The van der Waals surface area contributed by atoms with Crippen LogP contribution in [-0.4, -0.2) is 30.1 Å². The lowest BCUT2D eigenvalue weighted by molar-refractivity contribution is -0.120. The molecule has 3 N–H and O–H groups in total. The highest BCUT2D eigenvalue weighted by atomic mass is 16.3. The molecular weight excluding hydrogens is 228 g/mol. The molecular formula is C14H20N2O2. The number of carbonyl (C=O) groups is 1. The third-order valence-corrected chi connectivity index (χ3v) is 3.28. The molecule has 1 saturated heterocycles. The van der Waals surface area contributed by atoms with Gasteiger partial charge in [0, 0.05) is 12.6 Å². The van der Waals surface area contributed by atoms with Crippen LogP contribution in [0.15, 0.2) is 24.3 Å². The largest absolute Gasteiger partial charge is 0.508 e. The molecule has 0 aliphatic carbocycles. The van der Waals surface area contributed by atoms with Gasteiger partial charge in [0.1, 0.15) is 5.75 Å². The molecule has 1 aliphatic rings. The number of amides is 1. The standard InChI is InChI=1S/C14H20N2O2/c17-13-5-3-11(4-6-13)10-14(18)16-9-7-12-2-1-8-15-12/h3-6,12,15,17H,1-2,7-10H2,(H,16,18)/t12-/m0/s1. The van der Waals surface area contributed by atoms with E-state index in [0.29, 0.717) is 12.5 Å². The number of phenols is 1. The molecule has 0 bridgehead atoms. The van der Waals surface area contributed by atoms with Crippen molar-refractivity contribution in [1.29, 1.82) is 0 Å². The first-order valence-corrected chi connectivity index (χ1v) is 6.52. The van der Waals surface area contributed by atoms with Crippen LogP contribution in [0.3, 0.4) is 0 Å². The summed E-state index contributed by atoms with van der Waals surface area (Å²) in [5.41, 5.74) is 0.921. The maximum Gasteiger partial charge on any atom is 0.224 e. The number of hydrogen-bond acceptors (Lipinski definition) is 3. The molecule has 1 aromatic rings. The molecule has 1 amide bonds. The van der Waals surface area contributed by atoms with Crippen molar-refractivity contribution in [2.24, 2.45) is 0 Å². The zero-order valence-corrected chi connectivity index (χ0v) is 10.5. The molecule has 1 atom stereocenters. The normalized spacial score (nSPS) is 18.8. The Kier molecular flexibility index (Phi) is 4.59. The zero-order chi connectivity index (χ0) is 12.8. The smallest absolute Gasteiger partial charge is 0.224 e. The van der Waals surface area contributed by atoms with Crippen molar-refractivity contribution in [2.45, 2.75) is 31.7 Å². The second-order valence-corrected chi connectivity index (χ2v) is 4.78. The Bertz CT molecular complexity index is 383. The van der Waals surface area contributed by atoms with Crippen molar-refractivity contribution in [3.63, 3.8) is 0 Å². The van der Waals surface area contributed by atoms with E-state index >= 15 is 0 Å². The summed E-state index contributed by atoms with van der Waals surface area (Å²) in [6, 6.07) is 7.32. The third kappa shape index (κ3) is 4.04. The number of rotatable bonds is 5. The number of nitrogens with one attached hydrogen (secondary N) is 2. The van der Waals surface area contributed by atoms with Crippen LogP contribution in [-0.2, 0) is 11.2 Å². The Labute approximate surface area is 107 Å². The van der Waals surface area contributed by atoms with Gasteiger partial charge in [-0.25, -0.2) is 0 Å². The highest BCUT2D eigenvalue weighted by molar-refractivity contribution is 5.78. The predicted molar refractivity (Wildman–Crippen MR) is 70.5 cm³/mol. The minimum Gasteiger partial charge on any atom is -0.508 e. The van der Waals surface area contributed by atoms with Gasteiger partial charge in [-0.3, -0.25) is 4.79 Å². The summed E-state index contributed by atoms with van der Waals surface area (Å²) in [7, 11) is 0. The van der Waals surface area contributed by atoms with Crippen LogP contribution >= 0.6 is 0 Å². The molecule has 0 saturated carbocycles. The molecule has 98 valence electrons. The minimum absolute atomic E-state index is 0.0405. The van der Waals surface area contributed by atoms with Crippen molar-refractivity contribution >= 4 is 5.91 Å². The van der Waals surface area contributed by atoms with E-state index < -0.39 is 0 Å².